The molecule has 1 fully saturated rings. The van der Waals surface area contributed by atoms with Gasteiger partial charge >= 0.3 is 5.97 Å². The highest BCUT2D eigenvalue weighted by Gasteiger charge is 2.39. The molecule has 0 unspecified atom stereocenters. The molecule has 0 aromatic carbocycles. The minimum Gasteiger partial charge on any atom is -0.480 e. The second-order valence-electron chi connectivity index (χ2n) is 4.87. The lowest BCUT2D eigenvalue weighted by Crippen LogP contribution is -2.53. The lowest BCUT2D eigenvalue weighted by molar-refractivity contribution is -0.142. The SMILES string of the molecule is CCCN(CCC)S(=O)(=O)N1CCCC[C@@H]1C(=O)O. The van der Waals surface area contributed by atoms with Crippen molar-refractivity contribution in [3.63, 3.8) is 0 Å². The van der Waals surface area contributed by atoms with E-state index in [-0.39, 0.29) is 0 Å². The minimum atomic E-state index is -3.66. The molecule has 0 bridgehead atoms. The zero-order valence-corrected chi connectivity index (χ0v) is 12.5. The highest BCUT2D eigenvalue weighted by molar-refractivity contribution is 7.86. The van der Waals surface area contributed by atoms with Crippen molar-refractivity contribution in [1.29, 1.82) is 0 Å². The van der Waals surface area contributed by atoms with Gasteiger partial charge in [0.2, 0.25) is 0 Å². The molecule has 7 heteroatoms. The zero-order chi connectivity index (χ0) is 14.5. The van der Waals surface area contributed by atoms with Gasteiger partial charge in [-0.1, -0.05) is 13.8 Å². The monoisotopic (exact) mass is 292 g/mol. The Morgan fingerprint density at radius 2 is 1.84 bits per heavy atom. The van der Waals surface area contributed by atoms with E-state index in [1.54, 1.807) is 0 Å². The Bertz CT molecular complexity index is 391. The van der Waals surface area contributed by atoms with Gasteiger partial charge in [-0.15, -0.1) is 0 Å². The van der Waals surface area contributed by atoms with E-state index in [2.05, 4.69) is 0 Å². The second kappa shape index (κ2) is 7.21. The molecule has 0 radical (unpaired) electrons. The number of carboxylic acids is 1. The molecule has 0 spiro atoms. The highest BCUT2D eigenvalue weighted by atomic mass is 32.2. The van der Waals surface area contributed by atoms with Crippen LogP contribution in [0.25, 0.3) is 0 Å². The fourth-order valence-corrected chi connectivity index (χ4v) is 4.42. The molecule has 1 aliphatic rings. The average molecular weight is 292 g/mol. The van der Waals surface area contributed by atoms with E-state index >= 15 is 0 Å². The van der Waals surface area contributed by atoms with Crippen molar-refractivity contribution >= 4 is 16.2 Å². The molecule has 1 saturated heterocycles. The first-order valence-electron chi connectivity index (χ1n) is 6.94. The maximum Gasteiger partial charge on any atom is 0.322 e. The van der Waals surface area contributed by atoms with Crippen molar-refractivity contribution < 1.29 is 18.3 Å². The first kappa shape index (κ1) is 16.4. The molecule has 1 atom stereocenters. The zero-order valence-electron chi connectivity index (χ0n) is 11.7. The molecule has 0 aromatic rings. The van der Waals surface area contributed by atoms with Gasteiger partial charge in [0.1, 0.15) is 6.04 Å². The molecule has 1 rings (SSSR count). The van der Waals surface area contributed by atoms with Gasteiger partial charge in [0.15, 0.2) is 0 Å². The smallest absolute Gasteiger partial charge is 0.322 e. The summed E-state index contributed by atoms with van der Waals surface area (Å²) in [6.45, 7) is 5.04. The largest absolute Gasteiger partial charge is 0.480 e. The van der Waals surface area contributed by atoms with Crippen molar-refractivity contribution in [2.24, 2.45) is 0 Å². The number of hydrogen-bond donors (Lipinski definition) is 1. The number of rotatable bonds is 7. The van der Waals surface area contributed by atoms with Gasteiger partial charge in [0, 0.05) is 19.6 Å². The summed E-state index contributed by atoms with van der Waals surface area (Å²) in [4.78, 5) is 11.2. The first-order chi connectivity index (χ1) is 8.95. The summed E-state index contributed by atoms with van der Waals surface area (Å²) in [6.07, 6.45) is 3.36. The van der Waals surface area contributed by atoms with Crippen molar-refractivity contribution in [2.45, 2.75) is 52.0 Å². The molecule has 112 valence electrons. The van der Waals surface area contributed by atoms with E-state index in [1.165, 1.54) is 8.61 Å². The van der Waals surface area contributed by atoms with Crippen LogP contribution in [0.1, 0.15) is 46.0 Å². The molecule has 19 heavy (non-hydrogen) atoms. The van der Waals surface area contributed by atoms with E-state index in [1.807, 2.05) is 13.8 Å². The molecule has 0 aromatic heterocycles. The molecular weight excluding hydrogens is 268 g/mol. The average Bonchev–Trinajstić information content (AvgIpc) is 2.38. The van der Waals surface area contributed by atoms with Crippen LogP contribution in [0.2, 0.25) is 0 Å². The summed E-state index contributed by atoms with van der Waals surface area (Å²) in [5.41, 5.74) is 0. The van der Waals surface area contributed by atoms with E-state index in [0.29, 0.717) is 26.1 Å². The van der Waals surface area contributed by atoms with Crippen molar-refractivity contribution in [2.75, 3.05) is 19.6 Å². The van der Waals surface area contributed by atoms with Crippen LogP contribution in [0.15, 0.2) is 0 Å². The molecule has 0 amide bonds. The van der Waals surface area contributed by atoms with Crippen molar-refractivity contribution in [3.8, 4) is 0 Å². The lowest BCUT2D eigenvalue weighted by atomic mass is 10.1. The van der Waals surface area contributed by atoms with Crippen LogP contribution in [-0.4, -0.2) is 53.8 Å². The third kappa shape index (κ3) is 3.90. The molecule has 1 heterocycles. The van der Waals surface area contributed by atoms with Crippen molar-refractivity contribution in [3.05, 3.63) is 0 Å². The predicted octanol–water partition coefficient (Wildman–Crippen LogP) is 1.29. The number of carbonyl (C=O) groups is 1. The summed E-state index contributed by atoms with van der Waals surface area (Å²) in [7, 11) is -3.66. The Labute approximate surface area is 115 Å². The van der Waals surface area contributed by atoms with E-state index < -0.39 is 22.2 Å². The topological polar surface area (TPSA) is 77.9 Å². The summed E-state index contributed by atoms with van der Waals surface area (Å²) >= 11 is 0. The number of hydrogen-bond acceptors (Lipinski definition) is 3. The molecular formula is C12H24N2O4S. The molecule has 1 aliphatic heterocycles. The van der Waals surface area contributed by atoms with Crippen LogP contribution < -0.4 is 0 Å². The maximum absolute atomic E-state index is 12.6. The van der Waals surface area contributed by atoms with E-state index in [0.717, 1.165) is 25.7 Å². The minimum absolute atomic E-state index is 0.309. The van der Waals surface area contributed by atoms with Crippen molar-refractivity contribution in [1.82, 2.24) is 8.61 Å². The Morgan fingerprint density at radius 1 is 1.26 bits per heavy atom. The molecule has 0 saturated carbocycles. The van der Waals surface area contributed by atoms with Gasteiger partial charge in [-0.25, -0.2) is 0 Å². The van der Waals surface area contributed by atoms with Crippen LogP contribution in [-0.2, 0) is 15.0 Å². The Morgan fingerprint density at radius 3 is 2.32 bits per heavy atom. The van der Waals surface area contributed by atoms with Gasteiger partial charge in [0.25, 0.3) is 10.2 Å². The molecule has 0 aliphatic carbocycles. The Hall–Kier alpha value is -0.660. The third-order valence-corrected chi connectivity index (χ3v) is 5.35. The third-order valence-electron chi connectivity index (χ3n) is 3.31. The van der Waals surface area contributed by atoms with E-state index in [4.69, 9.17) is 0 Å². The molecule has 1 N–H and O–H groups in total. The van der Waals surface area contributed by atoms with Crippen LogP contribution >= 0.6 is 0 Å². The predicted molar refractivity (Wildman–Crippen MR) is 73.1 cm³/mol. The molecule has 6 nitrogen and oxygen atoms in total. The van der Waals surface area contributed by atoms with Crippen LogP contribution in [0.5, 0.6) is 0 Å². The summed E-state index contributed by atoms with van der Waals surface area (Å²) in [6, 6.07) is -0.907. The second-order valence-corrected chi connectivity index (χ2v) is 6.75. The maximum atomic E-state index is 12.6. The highest BCUT2D eigenvalue weighted by Crippen LogP contribution is 2.23. The number of piperidine rings is 1. The van der Waals surface area contributed by atoms with Crippen LogP contribution in [0.3, 0.4) is 0 Å². The van der Waals surface area contributed by atoms with Gasteiger partial charge in [0.05, 0.1) is 0 Å². The van der Waals surface area contributed by atoms with Gasteiger partial charge in [-0.2, -0.15) is 17.0 Å². The quantitative estimate of drug-likeness (QED) is 0.767. The number of carboxylic acid groups (broad SMARTS) is 1. The van der Waals surface area contributed by atoms with Gasteiger partial charge < -0.3 is 5.11 Å². The lowest BCUT2D eigenvalue weighted by Gasteiger charge is -2.35. The normalized spacial score (nSPS) is 21.7. The fraction of sp³-hybridized carbons (Fsp3) is 0.917. The summed E-state index contributed by atoms with van der Waals surface area (Å²) < 4.78 is 27.7. The fourth-order valence-electron chi connectivity index (χ4n) is 2.42. The Kier molecular flexibility index (Phi) is 6.22. The van der Waals surface area contributed by atoms with Crippen LogP contribution in [0.4, 0.5) is 0 Å². The Balaban J connectivity index is 2.96. The van der Waals surface area contributed by atoms with E-state index in [9.17, 15) is 18.3 Å². The first-order valence-corrected chi connectivity index (χ1v) is 8.34. The van der Waals surface area contributed by atoms with Gasteiger partial charge in [-0.05, 0) is 32.1 Å². The van der Waals surface area contributed by atoms with Crippen LogP contribution in [0, 0.1) is 0 Å². The number of aliphatic carboxylic acids is 1. The van der Waals surface area contributed by atoms with Gasteiger partial charge in [-0.3, -0.25) is 4.79 Å². The summed E-state index contributed by atoms with van der Waals surface area (Å²) in [5.74, 6) is -1.05. The number of nitrogens with zero attached hydrogens (tertiary/aromatic N) is 2. The summed E-state index contributed by atoms with van der Waals surface area (Å²) in [5, 5.41) is 9.19. The standard InChI is InChI=1S/C12H24N2O4S/c1-3-8-13(9-4-2)19(17,18)14-10-6-5-7-11(14)12(15)16/h11H,3-10H2,1-2H3,(H,15,16)/t11-/m1/s1.